The zero-order valence-corrected chi connectivity index (χ0v) is 14.0. The first-order valence-electron chi connectivity index (χ1n) is 7.96. The second-order valence-corrected chi connectivity index (χ2v) is 5.83. The summed E-state index contributed by atoms with van der Waals surface area (Å²) >= 11 is 6.00. The fourth-order valence-electron chi connectivity index (χ4n) is 2.62. The molecule has 0 aliphatic rings. The first-order chi connectivity index (χ1) is 11.3. The lowest BCUT2D eigenvalue weighted by atomic mass is 10.3. The Bertz CT molecular complexity index is 771. The molecule has 0 radical (unpaired) electrons. The van der Waals surface area contributed by atoms with E-state index in [4.69, 9.17) is 16.3 Å². The van der Waals surface area contributed by atoms with Crippen molar-refractivity contribution < 1.29 is 4.74 Å². The normalized spacial score (nSPS) is 11.0. The molecule has 0 aliphatic carbocycles. The Morgan fingerprint density at radius 2 is 2.00 bits per heavy atom. The van der Waals surface area contributed by atoms with Crippen molar-refractivity contribution in [2.75, 3.05) is 6.61 Å². The van der Waals surface area contributed by atoms with Crippen LogP contribution in [0.15, 0.2) is 42.6 Å². The fourth-order valence-corrected chi connectivity index (χ4v) is 2.77. The predicted octanol–water partition coefficient (Wildman–Crippen LogP) is 4.51. The summed E-state index contributed by atoms with van der Waals surface area (Å²) in [5.74, 6) is 1.98. The molecule has 120 valence electrons. The van der Waals surface area contributed by atoms with Gasteiger partial charge in [-0.05, 0) is 31.0 Å². The van der Waals surface area contributed by atoms with E-state index >= 15 is 0 Å². The van der Waals surface area contributed by atoms with Crippen LogP contribution in [0.25, 0.3) is 11.2 Å². The summed E-state index contributed by atoms with van der Waals surface area (Å²) in [4.78, 5) is 9.06. The van der Waals surface area contributed by atoms with Crippen LogP contribution in [-0.4, -0.2) is 21.1 Å². The van der Waals surface area contributed by atoms with E-state index in [2.05, 4.69) is 21.5 Å². The molecule has 0 fully saturated rings. The molecule has 3 aromatic rings. The molecular formula is C18H20ClN3O. The van der Waals surface area contributed by atoms with Gasteiger partial charge in [0, 0.05) is 19.2 Å². The molecule has 0 saturated carbocycles. The summed E-state index contributed by atoms with van der Waals surface area (Å²) in [5.41, 5.74) is 1.78. The molecule has 0 saturated heterocycles. The number of benzene rings is 1. The number of halogens is 1. The number of aryl methyl sites for hydroxylation is 2. The number of fused-ring (bicyclic) bond motifs is 1. The van der Waals surface area contributed by atoms with E-state index < -0.39 is 0 Å². The predicted molar refractivity (Wildman–Crippen MR) is 93.1 cm³/mol. The van der Waals surface area contributed by atoms with Gasteiger partial charge >= 0.3 is 0 Å². The molecule has 5 heteroatoms. The number of para-hydroxylation sites is 1. The molecule has 0 bridgehead atoms. The van der Waals surface area contributed by atoms with Crippen molar-refractivity contribution in [2.45, 2.75) is 32.7 Å². The van der Waals surface area contributed by atoms with Crippen molar-refractivity contribution in [3.05, 3.63) is 53.4 Å². The minimum atomic E-state index is 0.626. The monoisotopic (exact) mass is 329 g/mol. The fraction of sp³-hybridized carbons (Fsp3) is 0.333. The number of ether oxygens (including phenoxy) is 1. The lowest BCUT2D eigenvalue weighted by molar-refractivity contribution is 0.303. The van der Waals surface area contributed by atoms with Crippen molar-refractivity contribution in [3.63, 3.8) is 0 Å². The summed E-state index contributed by atoms with van der Waals surface area (Å²) in [6, 6.07) is 11.8. The number of unbranched alkanes of at least 4 members (excludes halogenated alkanes) is 1. The molecule has 2 aromatic heterocycles. The van der Waals surface area contributed by atoms with Gasteiger partial charge in [0.05, 0.1) is 11.6 Å². The third kappa shape index (κ3) is 3.82. The van der Waals surface area contributed by atoms with Crippen LogP contribution in [0, 0.1) is 0 Å². The quantitative estimate of drug-likeness (QED) is 0.599. The third-order valence-electron chi connectivity index (χ3n) is 3.73. The Morgan fingerprint density at radius 1 is 1.17 bits per heavy atom. The van der Waals surface area contributed by atoms with Gasteiger partial charge in [0.2, 0.25) is 0 Å². The summed E-state index contributed by atoms with van der Waals surface area (Å²) < 4.78 is 7.92. The highest BCUT2D eigenvalue weighted by atomic mass is 35.5. The second kappa shape index (κ2) is 7.47. The van der Waals surface area contributed by atoms with Gasteiger partial charge < -0.3 is 9.30 Å². The molecule has 0 spiro atoms. The number of imidazole rings is 1. The second-order valence-electron chi connectivity index (χ2n) is 5.40. The van der Waals surface area contributed by atoms with Crippen LogP contribution in [0.1, 0.15) is 25.6 Å². The number of nitrogens with zero attached hydrogens (tertiary/aromatic N) is 3. The van der Waals surface area contributed by atoms with Crippen LogP contribution in [0.2, 0.25) is 5.02 Å². The molecule has 0 aliphatic heterocycles. The van der Waals surface area contributed by atoms with Crippen molar-refractivity contribution in [1.29, 1.82) is 0 Å². The van der Waals surface area contributed by atoms with Gasteiger partial charge in [0.25, 0.3) is 0 Å². The summed E-state index contributed by atoms with van der Waals surface area (Å²) in [6.45, 7) is 3.72. The highest BCUT2D eigenvalue weighted by Crippen LogP contribution is 2.19. The van der Waals surface area contributed by atoms with Gasteiger partial charge in [0.1, 0.15) is 17.1 Å². The van der Waals surface area contributed by atoms with Gasteiger partial charge in [-0.1, -0.05) is 36.7 Å². The minimum Gasteiger partial charge on any atom is -0.494 e. The zero-order valence-electron chi connectivity index (χ0n) is 13.2. The summed E-state index contributed by atoms with van der Waals surface area (Å²) in [6.07, 6.45) is 4.58. The zero-order chi connectivity index (χ0) is 16.1. The maximum atomic E-state index is 6.00. The van der Waals surface area contributed by atoms with Gasteiger partial charge in [-0.3, -0.25) is 0 Å². The standard InChI is InChI=1S/C18H20ClN3O/c1-2-17-21-16-12-14(19)13-20-18(16)22(17)10-6-7-11-23-15-8-4-3-5-9-15/h3-5,8-9,12-13H,2,6-7,10-11H2,1H3. The number of aromatic nitrogens is 3. The molecule has 0 atom stereocenters. The van der Waals surface area contributed by atoms with Gasteiger partial charge in [-0.2, -0.15) is 0 Å². The molecular weight excluding hydrogens is 310 g/mol. The first kappa shape index (κ1) is 15.8. The molecule has 23 heavy (non-hydrogen) atoms. The van der Waals surface area contributed by atoms with Gasteiger partial charge in [-0.25, -0.2) is 9.97 Å². The lowest BCUT2D eigenvalue weighted by Crippen LogP contribution is -2.06. The highest BCUT2D eigenvalue weighted by molar-refractivity contribution is 6.31. The van der Waals surface area contributed by atoms with E-state index in [1.807, 2.05) is 36.4 Å². The van der Waals surface area contributed by atoms with Crippen LogP contribution in [-0.2, 0) is 13.0 Å². The SMILES string of the molecule is CCc1nc2cc(Cl)cnc2n1CCCCOc1ccccc1. The van der Waals surface area contributed by atoms with Gasteiger partial charge in [0.15, 0.2) is 5.65 Å². The first-order valence-corrected chi connectivity index (χ1v) is 8.34. The van der Waals surface area contributed by atoms with Crippen molar-refractivity contribution in [2.24, 2.45) is 0 Å². The van der Waals surface area contributed by atoms with Gasteiger partial charge in [-0.15, -0.1) is 0 Å². The minimum absolute atomic E-state index is 0.626. The van der Waals surface area contributed by atoms with E-state index in [9.17, 15) is 0 Å². The Hall–Kier alpha value is -2.07. The Morgan fingerprint density at radius 3 is 2.78 bits per heavy atom. The molecule has 1 aromatic carbocycles. The number of rotatable bonds is 7. The van der Waals surface area contributed by atoms with Crippen LogP contribution in [0.5, 0.6) is 5.75 Å². The van der Waals surface area contributed by atoms with Crippen LogP contribution >= 0.6 is 11.6 Å². The number of hydrogen-bond acceptors (Lipinski definition) is 3. The van der Waals surface area contributed by atoms with E-state index in [0.717, 1.165) is 55.2 Å². The Labute approximate surface area is 141 Å². The molecule has 2 heterocycles. The van der Waals surface area contributed by atoms with Crippen LogP contribution in [0.4, 0.5) is 0 Å². The van der Waals surface area contributed by atoms with Crippen LogP contribution in [0.3, 0.4) is 0 Å². The maximum Gasteiger partial charge on any atom is 0.160 e. The number of hydrogen-bond donors (Lipinski definition) is 0. The molecule has 0 unspecified atom stereocenters. The van der Waals surface area contributed by atoms with Crippen molar-refractivity contribution in [1.82, 2.24) is 14.5 Å². The van der Waals surface area contributed by atoms with Crippen molar-refractivity contribution in [3.8, 4) is 5.75 Å². The summed E-state index contributed by atoms with van der Waals surface area (Å²) in [7, 11) is 0. The number of pyridine rings is 1. The average Bonchev–Trinajstić information content (AvgIpc) is 2.92. The third-order valence-corrected chi connectivity index (χ3v) is 3.94. The Kier molecular flexibility index (Phi) is 5.13. The van der Waals surface area contributed by atoms with Crippen molar-refractivity contribution >= 4 is 22.8 Å². The average molecular weight is 330 g/mol. The topological polar surface area (TPSA) is 39.9 Å². The lowest BCUT2D eigenvalue weighted by Gasteiger charge is -2.08. The maximum absolute atomic E-state index is 6.00. The summed E-state index contributed by atoms with van der Waals surface area (Å²) in [5, 5.41) is 0.626. The van der Waals surface area contributed by atoms with Crippen LogP contribution < -0.4 is 4.74 Å². The largest absolute Gasteiger partial charge is 0.494 e. The van der Waals surface area contributed by atoms with E-state index in [1.54, 1.807) is 6.20 Å². The smallest absolute Gasteiger partial charge is 0.160 e. The molecule has 0 N–H and O–H groups in total. The molecule has 4 nitrogen and oxygen atoms in total. The Balaban J connectivity index is 1.58. The molecule has 0 amide bonds. The van der Waals surface area contributed by atoms with E-state index in [-0.39, 0.29) is 0 Å². The van der Waals surface area contributed by atoms with E-state index in [1.165, 1.54) is 0 Å². The molecule has 3 rings (SSSR count). The van der Waals surface area contributed by atoms with E-state index in [0.29, 0.717) is 5.02 Å². The highest BCUT2D eigenvalue weighted by Gasteiger charge is 2.10.